The Morgan fingerprint density at radius 2 is 2.11 bits per heavy atom. The van der Waals surface area contributed by atoms with Crippen molar-refractivity contribution < 1.29 is 9.53 Å². The molecule has 0 saturated carbocycles. The standard InChI is InChI=1S/C23H24N2O2S/c1-2-3-4-5-6-7-13-27-20-10-8-9-18(14-20)16-24-23(26)19-11-12-21-22(15-19)28-17-25-21/h8-12,14-15,17H,2,5-7,13,16H2,1H3,(H,24,26). The summed E-state index contributed by atoms with van der Waals surface area (Å²) in [6.07, 6.45) is 3.88. The molecule has 0 unspecified atom stereocenters. The Hall–Kier alpha value is -2.84. The predicted octanol–water partition coefficient (Wildman–Crippen LogP) is 5.19. The van der Waals surface area contributed by atoms with Crippen LogP contribution in [0, 0.1) is 11.8 Å². The SMILES string of the molecule is CCC#CCCCCOc1cccc(CNC(=O)c2ccc3ncsc3c2)c1. The molecule has 1 aromatic heterocycles. The van der Waals surface area contributed by atoms with Crippen molar-refractivity contribution in [2.75, 3.05) is 6.61 Å². The molecule has 5 heteroatoms. The first-order chi connectivity index (χ1) is 13.8. The van der Waals surface area contributed by atoms with Gasteiger partial charge in [-0.1, -0.05) is 19.1 Å². The first kappa shape index (κ1) is 19.9. The molecule has 0 bridgehead atoms. The number of amides is 1. The summed E-state index contributed by atoms with van der Waals surface area (Å²) in [5.41, 5.74) is 4.37. The van der Waals surface area contributed by atoms with Crippen LogP contribution in [-0.2, 0) is 6.54 Å². The number of benzene rings is 2. The Labute approximate surface area is 170 Å². The van der Waals surface area contributed by atoms with Crippen molar-refractivity contribution in [2.24, 2.45) is 0 Å². The molecule has 0 radical (unpaired) electrons. The van der Waals surface area contributed by atoms with Crippen molar-refractivity contribution in [3.63, 3.8) is 0 Å². The van der Waals surface area contributed by atoms with E-state index in [4.69, 9.17) is 4.74 Å². The molecule has 0 aliphatic heterocycles. The Morgan fingerprint density at radius 3 is 3.00 bits per heavy atom. The second kappa shape index (κ2) is 10.5. The molecule has 4 nitrogen and oxygen atoms in total. The van der Waals surface area contributed by atoms with Crippen molar-refractivity contribution in [3.8, 4) is 17.6 Å². The number of aromatic nitrogens is 1. The van der Waals surface area contributed by atoms with E-state index in [1.54, 1.807) is 5.51 Å². The predicted molar refractivity (Wildman–Crippen MR) is 115 cm³/mol. The molecule has 0 aliphatic carbocycles. The summed E-state index contributed by atoms with van der Waals surface area (Å²) in [6.45, 7) is 3.20. The zero-order valence-corrected chi connectivity index (χ0v) is 16.8. The van der Waals surface area contributed by atoms with E-state index in [-0.39, 0.29) is 5.91 Å². The highest BCUT2D eigenvalue weighted by molar-refractivity contribution is 7.16. The second-order valence-electron chi connectivity index (χ2n) is 6.38. The van der Waals surface area contributed by atoms with Gasteiger partial charge in [0, 0.05) is 24.9 Å². The summed E-state index contributed by atoms with van der Waals surface area (Å²) in [7, 11) is 0. The average molecular weight is 393 g/mol. The summed E-state index contributed by atoms with van der Waals surface area (Å²) >= 11 is 1.53. The molecule has 0 saturated heterocycles. The van der Waals surface area contributed by atoms with Gasteiger partial charge in [0.2, 0.25) is 0 Å². The van der Waals surface area contributed by atoms with Gasteiger partial charge in [0.1, 0.15) is 5.75 Å². The van der Waals surface area contributed by atoms with Crippen LogP contribution in [0.15, 0.2) is 48.0 Å². The molecule has 3 aromatic rings. The third-order valence-corrected chi connectivity index (χ3v) is 5.00. The van der Waals surface area contributed by atoms with Crippen LogP contribution in [0.4, 0.5) is 0 Å². The van der Waals surface area contributed by atoms with E-state index in [9.17, 15) is 4.79 Å². The van der Waals surface area contributed by atoms with Crippen molar-refractivity contribution in [3.05, 3.63) is 59.1 Å². The Balaban J connectivity index is 1.46. The smallest absolute Gasteiger partial charge is 0.251 e. The minimum atomic E-state index is -0.0881. The number of unbranched alkanes of at least 4 members (excludes halogenated alkanes) is 2. The van der Waals surface area contributed by atoms with Gasteiger partial charge in [-0.3, -0.25) is 4.79 Å². The number of fused-ring (bicyclic) bond motifs is 1. The topological polar surface area (TPSA) is 51.2 Å². The van der Waals surface area contributed by atoms with Crippen molar-refractivity contribution >= 4 is 27.5 Å². The van der Waals surface area contributed by atoms with Gasteiger partial charge in [0.25, 0.3) is 5.91 Å². The Morgan fingerprint density at radius 1 is 1.18 bits per heavy atom. The maximum atomic E-state index is 12.4. The van der Waals surface area contributed by atoms with Crippen LogP contribution in [0.1, 0.15) is 48.5 Å². The zero-order valence-electron chi connectivity index (χ0n) is 16.0. The lowest BCUT2D eigenvalue weighted by Crippen LogP contribution is -2.22. The summed E-state index contributed by atoms with van der Waals surface area (Å²) in [4.78, 5) is 16.7. The molecular weight excluding hydrogens is 368 g/mol. The number of hydrogen-bond donors (Lipinski definition) is 1. The third-order valence-electron chi connectivity index (χ3n) is 4.21. The lowest BCUT2D eigenvalue weighted by Gasteiger charge is -2.09. The van der Waals surface area contributed by atoms with Gasteiger partial charge in [-0.05, 0) is 48.7 Å². The molecule has 0 fully saturated rings. The summed E-state index contributed by atoms with van der Waals surface area (Å²) in [6, 6.07) is 13.4. The minimum absolute atomic E-state index is 0.0881. The van der Waals surface area contributed by atoms with Crippen LogP contribution < -0.4 is 10.1 Å². The number of carbonyl (C=O) groups is 1. The normalized spacial score (nSPS) is 10.3. The largest absolute Gasteiger partial charge is 0.494 e. The first-order valence-corrected chi connectivity index (χ1v) is 10.4. The Bertz CT molecular complexity index is 985. The van der Waals surface area contributed by atoms with Gasteiger partial charge in [-0.15, -0.1) is 23.2 Å². The fourth-order valence-electron chi connectivity index (χ4n) is 2.74. The van der Waals surface area contributed by atoms with Gasteiger partial charge in [-0.25, -0.2) is 4.98 Å². The van der Waals surface area contributed by atoms with E-state index < -0.39 is 0 Å². The maximum absolute atomic E-state index is 12.4. The monoisotopic (exact) mass is 392 g/mol. The van der Waals surface area contributed by atoms with Gasteiger partial charge in [0.15, 0.2) is 0 Å². The van der Waals surface area contributed by atoms with Crippen LogP contribution in [-0.4, -0.2) is 17.5 Å². The van der Waals surface area contributed by atoms with Crippen molar-refractivity contribution in [1.82, 2.24) is 10.3 Å². The summed E-state index contributed by atoms with van der Waals surface area (Å²) < 4.78 is 6.83. The van der Waals surface area contributed by atoms with Gasteiger partial charge in [0.05, 0.1) is 22.3 Å². The number of nitrogens with zero attached hydrogens (tertiary/aromatic N) is 1. The highest BCUT2D eigenvalue weighted by atomic mass is 32.1. The molecule has 1 heterocycles. The average Bonchev–Trinajstić information content (AvgIpc) is 3.19. The summed E-state index contributed by atoms with van der Waals surface area (Å²) in [5.74, 6) is 6.96. The molecule has 0 aliphatic rings. The summed E-state index contributed by atoms with van der Waals surface area (Å²) in [5, 5.41) is 2.97. The third kappa shape index (κ3) is 5.83. The minimum Gasteiger partial charge on any atom is -0.494 e. The number of nitrogens with one attached hydrogen (secondary N) is 1. The van der Waals surface area contributed by atoms with Crippen molar-refractivity contribution in [1.29, 1.82) is 0 Å². The fourth-order valence-corrected chi connectivity index (χ4v) is 3.46. The molecule has 1 N–H and O–H groups in total. The molecule has 3 rings (SSSR count). The molecular formula is C23H24N2O2S. The highest BCUT2D eigenvalue weighted by Gasteiger charge is 2.07. The second-order valence-corrected chi connectivity index (χ2v) is 7.26. The molecule has 1 amide bonds. The number of rotatable bonds is 8. The lowest BCUT2D eigenvalue weighted by molar-refractivity contribution is 0.0951. The van der Waals surface area contributed by atoms with E-state index in [0.717, 1.165) is 47.2 Å². The zero-order chi connectivity index (χ0) is 19.6. The van der Waals surface area contributed by atoms with Crippen LogP contribution >= 0.6 is 11.3 Å². The van der Waals surface area contributed by atoms with E-state index in [2.05, 4.69) is 29.1 Å². The van der Waals surface area contributed by atoms with E-state index in [1.807, 2.05) is 42.5 Å². The number of carbonyl (C=O) groups excluding carboxylic acids is 1. The lowest BCUT2D eigenvalue weighted by atomic mass is 10.2. The molecule has 2 aromatic carbocycles. The number of ether oxygens (including phenoxy) is 1. The molecule has 0 atom stereocenters. The maximum Gasteiger partial charge on any atom is 0.251 e. The number of thiazole rings is 1. The van der Waals surface area contributed by atoms with Crippen LogP contribution in [0.3, 0.4) is 0 Å². The van der Waals surface area contributed by atoms with E-state index in [0.29, 0.717) is 18.7 Å². The fraction of sp³-hybridized carbons (Fsp3) is 0.304. The van der Waals surface area contributed by atoms with E-state index in [1.165, 1.54) is 11.3 Å². The van der Waals surface area contributed by atoms with Crippen molar-refractivity contribution in [2.45, 2.75) is 39.2 Å². The first-order valence-electron chi connectivity index (χ1n) is 9.55. The van der Waals surface area contributed by atoms with Gasteiger partial charge >= 0.3 is 0 Å². The molecule has 28 heavy (non-hydrogen) atoms. The van der Waals surface area contributed by atoms with Gasteiger partial charge in [-0.2, -0.15) is 0 Å². The highest BCUT2D eigenvalue weighted by Crippen LogP contribution is 2.19. The quantitative estimate of drug-likeness (QED) is 0.424. The molecule has 144 valence electrons. The Kier molecular flexibility index (Phi) is 7.45. The van der Waals surface area contributed by atoms with Crippen LogP contribution in [0.5, 0.6) is 5.75 Å². The van der Waals surface area contributed by atoms with E-state index >= 15 is 0 Å². The number of hydrogen-bond acceptors (Lipinski definition) is 4. The van der Waals surface area contributed by atoms with Gasteiger partial charge < -0.3 is 10.1 Å². The van der Waals surface area contributed by atoms with Crippen LogP contribution in [0.2, 0.25) is 0 Å². The molecule has 0 spiro atoms. The van der Waals surface area contributed by atoms with Crippen LogP contribution in [0.25, 0.3) is 10.2 Å².